The first-order valence-corrected chi connectivity index (χ1v) is 4.95. The van der Waals surface area contributed by atoms with E-state index in [1.807, 2.05) is 6.92 Å². The molecule has 2 aliphatic rings. The summed E-state index contributed by atoms with van der Waals surface area (Å²) in [6.07, 6.45) is 2.87. The van der Waals surface area contributed by atoms with Gasteiger partial charge in [-0.15, -0.1) is 0 Å². The van der Waals surface area contributed by atoms with E-state index in [2.05, 4.69) is 13.8 Å². The number of fused-ring (bicyclic) bond motifs is 2. The van der Waals surface area contributed by atoms with Gasteiger partial charge in [0.15, 0.2) is 0 Å². The van der Waals surface area contributed by atoms with Crippen LogP contribution < -0.4 is 0 Å². The van der Waals surface area contributed by atoms with Crippen molar-refractivity contribution in [1.82, 2.24) is 0 Å². The first kappa shape index (κ1) is 8.92. The Morgan fingerprint density at radius 3 is 2.31 bits per heavy atom. The summed E-state index contributed by atoms with van der Waals surface area (Å²) in [4.78, 5) is 22.7. The molecule has 13 heavy (non-hydrogen) atoms. The van der Waals surface area contributed by atoms with E-state index in [0.29, 0.717) is 5.92 Å². The average molecular weight is 180 g/mol. The third-order valence-corrected chi connectivity index (χ3v) is 4.73. The normalized spacial score (nSPS) is 46.8. The van der Waals surface area contributed by atoms with Crippen LogP contribution in [0.15, 0.2) is 0 Å². The summed E-state index contributed by atoms with van der Waals surface area (Å²) in [6, 6.07) is 0. The molecule has 0 aromatic heterocycles. The molecule has 0 aliphatic heterocycles. The third kappa shape index (κ3) is 0.749. The van der Waals surface area contributed by atoms with Gasteiger partial charge in [0.2, 0.25) is 0 Å². The van der Waals surface area contributed by atoms with Gasteiger partial charge in [-0.05, 0) is 24.2 Å². The predicted octanol–water partition coefficient (Wildman–Crippen LogP) is 1.83. The highest BCUT2D eigenvalue weighted by molar-refractivity contribution is 6.01. The molecule has 0 aromatic rings. The lowest BCUT2D eigenvalue weighted by Crippen LogP contribution is -2.33. The lowest BCUT2D eigenvalue weighted by atomic mass is 9.70. The SMILES string of the molecule is CC1(C)[C@H]2CC[C@]1(C)C(=O)C2C=O. The summed E-state index contributed by atoms with van der Waals surface area (Å²) < 4.78 is 0. The molecule has 3 atom stereocenters. The van der Waals surface area contributed by atoms with Gasteiger partial charge in [-0.1, -0.05) is 20.8 Å². The number of hydrogen-bond donors (Lipinski definition) is 0. The molecule has 0 aromatic carbocycles. The van der Waals surface area contributed by atoms with Gasteiger partial charge in [-0.3, -0.25) is 4.79 Å². The maximum atomic E-state index is 11.9. The van der Waals surface area contributed by atoms with Crippen LogP contribution in [-0.2, 0) is 9.59 Å². The molecular weight excluding hydrogens is 164 g/mol. The smallest absolute Gasteiger partial charge is 0.149 e. The molecule has 72 valence electrons. The second-order valence-electron chi connectivity index (χ2n) is 5.23. The Kier molecular flexibility index (Phi) is 1.53. The number of aldehydes is 1. The highest BCUT2D eigenvalue weighted by Gasteiger charge is 2.65. The van der Waals surface area contributed by atoms with Crippen LogP contribution in [0.25, 0.3) is 0 Å². The van der Waals surface area contributed by atoms with Crippen LogP contribution in [0, 0.1) is 22.7 Å². The summed E-state index contributed by atoms with van der Waals surface area (Å²) >= 11 is 0. The molecular formula is C11H16O2. The Morgan fingerprint density at radius 1 is 1.38 bits per heavy atom. The van der Waals surface area contributed by atoms with E-state index >= 15 is 0 Å². The van der Waals surface area contributed by atoms with Crippen molar-refractivity contribution in [2.24, 2.45) is 22.7 Å². The molecule has 1 unspecified atom stereocenters. The Labute approximate surface area is 78.7 Å². The molecule has 0 amide bonds. The fourth-order valence-corrected chi connectivity index (χ4v) is 3.31. The van der Waals surface area contributed by atoms with Crippen LogP contribution >= 0.6 is 0 Å². The van der Waals surface area contributed by atoms with Crippen molar-refractivity contribution in [3.63, 3.8) is 0 Å². The molecule has 2 fully saturated rings. The second-order valence-corrected chi connectivity index (χ2v) is 5.23. The van der Waals surface area contributed by atoms with Crippen molar-refractivity contribution in [3.05, 3.63) is 0 Å². The van der Waals surface area contributed by atoms with Crippen LogP contribution in [0.4, 0.5) is 0 Å². The van der Waals surface area contributed by atoms with E-state index in [9.17, 15) is 9.59 Å². The van der Waals surface area contributed by atoms with E-state index in [0.717, 1.165) is 19.1 Å². The molecule has 0 radical (unpaired) electrons. The molecule has 0 N–H and O–H groups in total. The van der Waals surface area contributed by atoms with Gasteiger partial charge in [-0.25, -0.2) is 0 Å². The first-order valence-electron chi connectivity index (χ1n) is 4.95. The van der Waals surface area contributed by atoms with Gasteiger partial charge in [0, 0.05) is 5.41 Å². The molecule has 2 saturated carbocycles. The second kappa shape index (κ2) is 2.23. The minimum atomic E-state index is -0.311. The number of ketones is 1. The van der Waals surface area contributed by atoms with Crippen molar-refractivity contribution in [2.75, 3.05) is 0 Å². The van der Waals surface area contributed by atoms with Crippen molar-refractivity contribution >= 4 is 12.1 Å². The maximum absolute atomic E-state index is 11.9. The van der Waals surface area contributed by atoms with Crippen LogP contribution in [0.2, 0.25) is 0 Å². The molecule has 2 nitrogen and oxygen atoms in total. The Morgan fingerprint density at radius 2 is 2.00 bits per heavy atom. The number of hydrogen-bond acceptors (Lipinski definition) is 2. The summed E-state index contributed by atoms with van der Waals surface area (Å²) in [6.45, 7) is 6.29. The third-order valence-electron chi connectivity index (χ3n) is 4.73. The van der Waals surface area contributed by atoms with E-state index in [4.69, 9.17) is 0 Å². The van der Waals surface area contributed by atoms with Crippen molar-refractivity contribution in [1.29, 1.82) is 0 Å². The van der Waals surface area contributed by atoms with E-state index in [1.165, 1.54) is 0 Å². The number of carbonyl (C=O) groups excluding carboxylic acids is 2. The van der Waals surface area contributed by atoms with E-state index in [-0.39, 0.29) is 22.5 Å². The predicted molar refractivity (Wildman–Crippen MR) is 49.2 cm³/mol. The number of rotatable bonds is 1. The Hall–Kier alpha value is -0.660. The average Bonchev–Trinajstić information content (AvgIpc) is 2.36. The zero-order valence-corrected chi connectivity index (χ0v) is 8.46. The zero-order valence-electron chi connectivity index (χ0n) is 8.46. The standard InChI is InChI=1S/C11H16O2/c1-10(2)8-4-5-11(10,3)9(13)7(8)6-12/h6-8H,4-5H2,1-3H3/t7?,8-,11+/m0/s1. The topological polar surface area (TPSA) is 34.1 Å². The lowest BCUT2D eigenvalue weighted by Gasteiger charge is -2.32. The summed E-state index contributed by atoms with van der Waals surface area (Å²) in [7, 11) is 0. The minimum absolute atomic E-state index is 0.0235. The molecule has 2 rings (SSSR count). The Bertz CT molecular complexity index is 280. The van der Waals surface area contributed by atoms with Gasteiger partial charge in [0.1, 0.15) is 12.1 Å². The zero-order chi connectivity index (χ0) is 9.85. The molecule has 0 heterocycles. The highest BCUT2D eigenvalue weighted by atomic mass is 16.1. The highest BCUT2D eigenvalue weighted by Crippen LogP contribution is 2.65. The van der Waals surface area contributed by atoms with E-state index < -0.39 is 0 Å². The first-order chi connectivity index (χ1) is 5.95. The maximum Gasteiger partial charge on any atom is 0.149 e. The van der Waals surface area contributed by atoms with Crippen LogP contribution in [-0.4, -0.2) is 12.1 Å². The summed E-state index contributed by atoms with van der Waals surface area (Å²) in [5, 5.41) is 0. The fourth-order valence-electron chi connectivity index (χ4n) is 3.31. The van der Waals surface area contributed by atoms with Gasteiger partial charge < -0.3 is 4.79 Å². The van der Waals surface area contributed by atoms with Gasteiger partial charge in [0.05, 0.1) is 5.92 Å². The quantitative estimate of drug-likeness (QED) is 0.455. The lowest BCUT2D eigenvalue weighted by molar-refractivity contribution is -0.134. The molecule has 2 heteroatoms. The summed E-state index contributed by atoms with van der Waals surface area (Å²) in [5.74, 6) is 0.167. The van der Waals surface area contributed by atoms with Crippen LogP contribution in [0.5, 0.6) is 0 Å². The van der Waals surface area contributed by atoms with Gasteiger partial charge >= 0.3 is 0 Å². The molecule has 0 saturated heterocycles. The monoisotopic (exact) mass is 180 g/mol. The largest absolute Gasteiger partial charge is 0.303 e. The minimum Gasteiger partial charge on any atom is -0.303 e. The number of Topliss-reactive ketones (excluding diaryl/α,β-unsaturated/α-hetero) is 1. The van der Waals surface area contributed by atoms with Crippen molar-refractivity contribution in [2.45, 2.75) is 33.6 Å². The summed E-state index contributed by atoms with van der Waals surface area (Å²) in [5.41, 5.74) is -0.209. The molecule has 2 aliphatic carbocycles. The van der Waals surface area contributed by atoms with Gasteiger partial charge in [0.25, 0.3) is 0 Å². The Balaban J connectivity index is 2.50. The van der Waals surface area contributed by atoms with Gasteiger partial charge in [-0.2, -0.15) is 0 Å². The van der Waals surface area contributed by atoms with Crippen LogP contribution in [0.1, 0.15) is 33.6 Å². The van der Waals surface area contributed by atoms with Crippen LogP contribution in [0.3, 0.4) is 0 Å². The fraction of sp³-hybridized carbons (Fsp3) is 0.818. The molecule has 2 bridgehead atoms. The number of carbonyl (C=O) groups is 2. The molecule has 0 spiro atoms. The van der Waals surface area contributed by atoms with Crippen molar-refractivity contribution < 1.29 is 9.59 Å². The van der Waals surface area contributed by atoms with E-state index in [1.54, 1.807) is 0 Å². The van der Waals surface area contributed by atoms with Crippen molar-refractivity contribution in [3.8, 4) is 0 Å².